The first kappa shape index (κ1) is 17.9. The minimum absolute atomic E-state index is 0.377. The van der Waals surface area contributed by atoms with Gasteiger partial charge in [-0.2, -0.15) is 0 Å². The summed E-state index contributed by atoms with van der Waals surface area (Å²) < 4.78 is 12.6. The van der Waals surface area contributed by atoms with Crippen LogP contribution in [0.15, 0.2) is 42.7 Å². The van der Waals surface area contributed by atoms with E-state index in [4.69, 9.17) is 21.1 Å². The summed E-state index contributed by atoms with van der Waals surface area (Å²) in [5, 5.41) is 11.6. The Morgan fingerprint density at radius 3 is 2.54 bits per heavy atom. The van der Waals surface area contributed by atoms with Gasteiger partial charge in [0, 0.05) is 11.1 Å². The molecule has 8 heteroatoms. The topological polar surface area (TPSA) is 79.1 Å². The molecule has 0 unspecified atom stereocenters. The number of ether oxygens (including phenoxy) is 2. The molecule has 0 saturated heterocycles. The van der Waals surface area contributed by atoms with Crippen molar-refractivity contribution in [1.82, 2.24) is 20.2 Å². The van der Waals surface area contributed by atoms with E-state index in [0.717, 1.165) is 11.1 Å². The number of rotatable bonds is 5. The van der Waals surface area contributed by atoms with Gasteiger partial charge in [0.15, 0.2) is 6.10 Å². The summed E-state index contributed by atoms with van der Waals surface area (Å²) in [6.45, 7) is 5.40. The lowest BCUT2D eigenvalue weighted by Gasteiger charge is -2.15. The van der Waals surface area contributed by atoms with Crippen LogP contribution in [0.5, 0.6) is 11.5 Å². The summed E-state index contributed by atoms with van der Waals surface area (Å²) in [6, 6.07) is 10.5. The van der Waals surface area contributed by atoms with Crippen LogP contribution in [0.2, 0.25) is 5.02 Å². The molecule has 0 aliphatic heterocycles. The second-order valence-electron chi connectivity index (χ2n) is 5.80. The number of esters is 1. The van der Waals surface area contributed by atoms with Crippen LogP contribution in [0, 0.1) is 13.8 Å². The van der Waals surface area contributed by atoms with E-state index in [1.165, 1.54) is 11.0 Å². The predicted octanol–water partition coefficient (Wildman–Crippen LogP) is 3.31. The number of carbonyl (C=O) groups excluding carboxylic acids is 1. The minimum Gasteiger partial charge on any atom is -0.479 e. The lowest BCUT2D eigenvalue weighted by Crippen LogP contribution is -2.28. The molecule has 7 nitrogen and oxygen atoms in total. The number of benzene rings is 2. The predicted molar refractivity (Wildman–Crippen MR) is 95.8 cm³/mol. The summed E-state index contributed by atoms with van der Waals surface area (Å²) >= 11 is 6.15. The molecule has 0 aliphatic rings. The zero-order chi connectivity index (χ0) is 18.7. The van der Waals surface area contributed by atoms with Crippen molar-refractivity contribution < 1.29 is 14.3 Å². The van der Waals surface area contributed by atoms with Gasteiger partial charge in [-0.3, -0.25) is 0 Å². The molecular weight excluding hydrogens is 356 g/mol. The first-order valence-electron chi connectivity index (χ1n) is 7.92. The van der Waals surface area contributed by atoms with E-state index in [1.807, 2.05) is 13.8 Å². The van der Waals surface area contributed by atoms with Crippen LogP contribution in [0.4, 0.5) is 0 Å². The maximum absolute atomic E-state index is 12.3. The molecule has 3 aromatic rings. The first-order valence-corrected chi connectivity index (χ1v) is 8.30. The Hall–Kier alpha value is -2.93. The van der Waals surface area contributed by atoms with Gasteiger partial charge in [0.05, 0.1) is 5.69 Å². The maximum Gasteiger partial charge on any atom is 0.352 e. The molecule has 134 valence electrons. The second-order valence-corrected chi connectivity index (χ2v) is 6.18. The molecular formula is C18H17ClN4O3. The molecule has 26 heavy (non-hydrogen) atoms. The lowest BCUT2D eigenvalue weighted by molar-refractivity contribution is -0.141. The zero-order valence-corrected chi connectivity index (χ0v) is 15.3. The molecule has 1 aromatic heterocycles. The average molecular weight is 373 g/mol. The Labute approximate surface area is 155 Å². The molecule has 0 amide bonds. The van der Waals surface area contributed by atoms with Gasteiger partial charge < -0.3 is 9.47 Å². The summed E-state index contributed by atoms with van der Waals surface area (Å²) in [6.07, 6.45) is 0.671. The van der Waals surface area contributed by atoms with Crippen molar-refractivity contribution in [2.24, 2.45) is 0 Å². The van der Waals surface area contributed by atoms with E-state index >= 15 is 0 Å². The Morgan fingerprint density at radius 1 is 1.15 bits per heavy atom. The fourth-order valence-corrected chi connectivity index (χ4v) is 2.50. The van der Waals surface area contributed by atoms with Crippen LogP contribution in [-0.2, 0) is 4.79 Å². The molecule has 0 saturated carbocycles. The highest BCUT2D eigenvalue weighted by Crippen LogP contribution is 2.26. The Kier molecular flexibility index (Phi) is 5.18. The number of nitrogens with zero attached hydrogens (tertiary/aromatic N) is 4. The number of hydrogen-bond donors (Lipinski definition) is 0. The van der Waals surface area contributed by atoms with Crippen molar-refractivity contribution in [2.45, 2.75) is 26.9 Å². The van der Waals surface area contributed by atoms with Gasteiger partial charge in [0.1, 0.15) is 17.8 Å². The van der Waals surface area contributed by atoms with E-state index in [1.54, 1.807) is 43.3 Å². The molecule has 1 atom stereocenters. The summed E-state index contributed by atoms with van der Waals surface area (Å²) in [4.78, 5) is 12.3. The van der Waals surface area contributed by atoms with Crippen LogP contribution < -0.4 is 9.47 Å². The quantitative estimate of drug-likeness (QED) is 0.505. The zero-order valence-electron chi connectivity index (χ0n) is 14.5. The Balaban J connectivity index is 1.69. The Morgan fingerprint density at radius 2 is 1.88 bits per heavy atom. The van der Waals surface area contributed by atoms with Crippen molar-refractivity contribution in [2.75, 3.05) is 0 Å². The van der Waals surface area contributed by atoms with Crippen molar-refractivity contribution in [3.63, 3.8) is 0 Å². The number of halogens is 1. The number of aryl methyl sites for hydroxylation is 2. The van der Waals surface area contributed by atoms with Gasteiger partial charge in [0.25, 0.3) is 0 Å². The summed E-state index contributed by atoms with van der Waals surface area (Å²) in [5.74, 6) is 0.433. The van der Waals surface area contributed by atoms with Gasteiger partial charge in [-0.1, -0.05) is 17.7 Å². The summed E-state index contributed by atoms with van der Waals surface area (Å²) in [5.41, 5.74) is 2.45. The molecule has 0 spiro atoms. The number of aromatic nitrogens is 4. The van der Waals surface area contributed by atoms with Crippen molar-refractivity contribution in [1.29, 1.82) is 0 Å². The molecule has 1 heterocycles. The fraction of sp³-hybridized carbons (Fsp3) is 0.222. The van der Waals surface area contributed by atoms with E-state index in [-0.39, 0.29) is 0 Å². The van der Waals surface area contributed by atoms with Gasteiger partial charge in [-0.05, 0) is 66.6 Å². The van der Waals surface area contributed by atoms with Crippen molar-refractivity contribution in [3.05, 3.63) is 58.9 Å². The number of tetrazole rings is 1. The van der Waals surface area contributed by atoms with E-state index in [2.05, 4.69) is 15.5 Å². The van der Waals surface area contributed by atoms with Crippen LogP contribution in [0.25, 0.3) is 5.69 Å². The van der Waals surface area contributed by atoms with Crippen LogP contribution in [0.3, 0.4) is 0 Å². The number of hydrogen-bond acceptors (Lipinski definition) is 6. The summed E-state index contributed by atoms with van der Waals surface area (Å²) in [7, 11) is 0. The minimum atomic E-state index is -0.785. The molecule has 3 rings (SSSR count). The third kappa shape index (κ3) is 4.00. The molecule has 0 bridgehead atoms. The maximum atomic E-state index is 12.3. The second kappa shape index (κ2) is 7.53. The van der Waals surface area contributed by atoms with Crippen molar-refractivity contribution in [3.8, 4) is 17.2 Å². The highest BCUT2D eigenvalue weighted by molar-refractivity contribution is 6.32. The van der Waals surface area contributed by atoms with Crippen LogP contribution in [0.1, 0.15) is 18.1 Å². The highest BCUT2D eigenvalue weighted by atomic mass is 35.5. The molecule has 0 fully saturated rings. The molecule has 0 N–H and O–H groups in total. The SMILES string of the molecule is Cc1cc(O[C@H](C)C(=O)Oc2cccc(-n3cnnn3)c2)cc(C)c1Cl. The fourth-order valence-electron chi connectivity index (χ4n) is 2.39. The molecule has 2 aromatic carbocycles. The highest BCUT2D eigenvalue weighted by Gasteiger charge is 2.18. The molecule has 0 radical (unpaired) electrons. The lowest BCUT2D eigenvalue weighted by atomic mass is 10.1. The van der Waals surface area contributed by atoms with E-state index in [0.29, 0.717) is 22.2 Å². The van der Waals surface area contributed by atoms with E-state index in [9.17, 15) is 4.79 Å². The Bertz CT molecular complexity index is 905. The first-order chi connectivity index (χ1) is 12.4. The van der Waals surface area contributed by atoms with E-state index < -0.39 is 12.1 Å². The van der Waals surface area contributed by atoms with Gasteiger partial charge >= 0.3 is 5.97 Å². The monoisotopic (exact) mass is 372 g/mol. The average Bonchev–Trinajstić information content (AvgIpc) is 3.14. The van der Waals surface area contributed by atoms with Crippen LogP contribution >= 0.6 is 11.6 Å². The van der Waals surface area contributed by atoms with Gasteiger partial charge in [-0.15, -0.1) is 5.10 Å². The van der Waals surface area contributed by atoms with Gasteiger partial charge in [-0.25, -0.2) is 9.48 Å². The number of carbonyl (C=O) groups is 1. The van der Waals surface area contributed by atoms with Gasteiger partial charge in [0.2, 0.25) is 0 Å². The third-order valence-corrected chi connectivity index (χ3v) is 4.30. The largest absolute Gasteiger partial charge is 0.479 e. The van der Waals surface area contributed by atoms with Crippen LogP contribution in [-0.4, -0.2) is 32.3 Å². The standard InChI is InChI=1S/C18H17ClN4O3/c1-11-7-16(8-12(2)17(11)19)25-13(3)18(24)26-15-6-4-5-14(9-15)23-10-20-21-22-23/h4-10,13H,1-3H3/t13-/m1/s1. The molecule has 0 aliphatic carbocycles. The normalized spacial score (nSPS) is 11.8. The van der Waals surface area contributed by atoms with Crippen molar-refractivity contribution >= 4 is 17.6 Å². The third-order valence-electron chi connectivity index (χ3n) is 3.70. The smallest absolute Gasteiger partial charge is 0.352 e.